The summed E-state index contributed by atoms with van der Waals surface area (Å²) in [5, 5.41) is 9.35. The van der Waals surface area contributed by atoms with Gasteiger partial charge in [0.25, 0.3) is 0 Å². The molecule has 1 fully saturated rings. The zero-order valence-corrected chi connectivity index (χ0v) is 13.2. The van der Waals surface area contributed by atoms with E-state index in [1.165, 1.54) is 6.42 Å². The van der Waals surface area contributed by atoms with Crippen molar-refractivity contribution in [3.63, 3.8) is 0 Å². The number of rotatable bonds is 4. The lowest BCUT2D eigenvalue weighted by atomic mass is 9.75. The van der Waals surface area contributed by atoms with Crippen molar-refractivity contribution < 1.29 is 14.6 Å². The molecule has 0 aromatic heterocycles. The number of aliphatic hydroxyl groups is 1. The van der Waals surface area contributed by atoms with Gasteiger partial charge in [-0.05, 0) is 42.2 Å². The Labute approximate surface area is 127 Å². The summed E-state index contributed by atoms with van der Waals surface area (Å²) >= 11 is 0. The molecule has 1 aromatic carbocycles. The molecule has 0 saturated heterocycles. The van der Waals surface area contributed by atoms with Crippen molar-refractivity contribution in [3.8, 4) is 0 Å². The molecule has 2 rings (SSSR count). The van der Waals surface area contributed by atoms with Gasteiger partial charge in [0, 0.05) is 0 Å². The Morgan fingerprint density at radius 2 is 2.05 bits per heavy atom. The summed E-state index contributed by atoms with van der Waals surface area (Å²) in [5.74, 6) is 1.25. The molecule has 1 aromatic rings. The Morgan fingerprint density at radius 1 is 1.33 bits per heavy atom. The molecule has 1 saturated carbocycles. The Hall–Kier alpha value is -1.35. The van der Waals surface area contributed by atoms with Crippen LogP contribution in [-0.4, -0.2) is 17.2 Å². The smallest absolute Gasteiger partial charge is 0.338 e. The van der Waals surface area contributed by atoms with Gasteiger partial charge < -0.3 is 9.84 Å². The van der Waals surface area contributed by atoms with Crippen molar-refractivity contribution >= 4 is 5.97 Å². The number of carbonyl (C=O) groups is 1. The Morgan fingerprint density at radius 3 is 2.71 bits per heavy atom. The molecule has 1 aliphatic carbocycles. The Bertz CT molecular complexity index is 481. The first-order chi connectivity index (χ1) is 10.0. The van der Waals surface area contributed by atoms with Gasteiger partial charge in [0.15, 0.2) is 0 Å². The van der Waals surface area contributed by atoms with Crippen molar-refractivity contribution in [2.24, 2.45) is 17.8 Å². The van der Waals surface area contributed by atoms with Gasteiger partial charge in [-0.15, -0.1) is 0 Å². The van der Waals surface area contributed by atoms with Crippen LogP contribution in [0.15, 0.2) is 24.3 Å². The van der Waals surface area contributed by atoms with Crippen molar-refractivity contribution in [3.05, 3.63) is 35.4 Å². The van der Waals surface area contributed by atoms with Gasteiger partial charge >= 0.3 is 5.97 Å². The van der Waals surface area contributed by atoms with Gasteiger partial charge in [0.1, 0.15) is 6.10 Å². The Kier molecular flexibility index (Phi) is 5.40. The first-order valence-electron chi connectivity index (χ1n) is 7.92. The topological polar surface area (TPSA) is 46.5 Å². The van der Waals surface area contributed by atoms with E-state index in [0.717, 1.165) is 12.8 Å². The fraction of sp³-hybridized carbons (Fsp3) is 0.611. The zero-order valence-electron chi connectivity index (χ0n) is 13.2. The molecule has 3 heteroatoms. The second kappa shape index (κ2) is 7.08. The molecule has 0 aliphatic heterocycles. The fourth-order valence-electron chi connectivity index (χ4n) is 3.31. The van der Waals surface area contributed by atoms with Gasteiger partial charge in [-0.3, -0.25) is 0 Å². The number of hydrogen-bond acceptors (Lipinski definition) is 3. The van der Waals surface area contributed by atoms with E-state index in [4.69, 9.17) is 4.74 Å². The normalized spacial score (nSPS) is 25.9. The summed E-state index contributed by atoms with van der Waals surface area (Å²) < 4.78 is 5.81. The van der Waals surface area contributed by atoms with Gasteiger partial charge in [-0.2, -0.15) is 0 Å². The maximum Gasteiger partial charge on any atom is 0.338 e. The summed E-state index contributed by atoms with van der Waals surface area (Å²) in [5.41, 5.74) is 1.12. The third-order valence-electron chi connectivity index (χ3n) is 4.63. The minimum absolute atomic E-state index is 0.00648. The quantitative estimate of drug-likeness (QED) is 0.858. The van der Waals surface area contributed by atoms with Crippen molar-refractivity contribution in [2.45, 2.75) is 52.7 Å². The minimum Gasteiger partial charge on any atom is -0.458 e. The number of aliphatic hydroxyl groups excluding tert-OH is 1. The average Bonchev–Trinajstić information content (AvgIpc) is 2.46. The lowest BCUT2D eigenvalue weighted by Gasteiger charge is -2.36. The molecular weight excluding hydrogens is 264 g/mol. The molecule has 0 amide bonds. The predicted molar refractivity (Wildman–Crippen MR) is 82.9 cm³/mol. The van der Waals surface area contributed by atoms with Crippen molar-refractivity contribution in [1.82, 2.24) is 0 Å². The van der Waals surface area contributed by atoms with E-state index in [0.29, 0.717) is 28.9 Å². The lowest BCUT2D eigenvalue weighted by molar-refractivity contribution is -0.0176. The standard InChI is InChI=1S/C18H26O3/c1-12(2)15-9-8-13(3)10-17(15)21-18(20)16-7-5-4-6-14(16)11-19/h4-7,12-13,15,17,19H,8-11H2,1-3H3/t13-,15+,17-/m1/s1. The largest absolute Gasteiger partial charge is 0.458 e. The molecule has 0 radical (unpaired) electrons. The van der Waals surface area contributed by atoms with E-state index < -0.39 is 0 Å². The lowest BCUT2D eigenvalue weighted by Crippen LogP contribution is -2.36. The van der Waals surface area contributed by atoms with E-state index >= 15 is 0 Å². The molecule has 0 heterocycles. The first-order valence-corrected chi connectivity index (χ1v) is 7.92. The SMILES string of the molecule is CC(C)[C@@H]1CC[C@@H](C)C[C@H]1OC(=O)c1ccccc1CO. The number of benzene rings is 1. The third kappa shape index (κ3) is 3.85. The van der Waals surface area contributed by atoms with Crippen molar-refractivity contribution in [2.75, 3.05) is 0 Å². The predicted octanol–water partition coefficient (Wildman–Crippen LogP) is 3.80. The molecule has 3 nitrogen and oxygen atoms in total. The van der Waals surface area contributed by atoms with E-state index in [1.807, 2.05) is 6.07 Å². The maximum atomic E-state index is 12.4. The first kappa shape index (κ1) is 16.0. The van der Waals surface area contributed by atoms with Crippen LogP contribution in [0.2, 0.25) is 0 Å². The van der Waals surface area contributed by atoms with Crippen LogP contribution in [0.3, 0.4) is 0 Å². The number of hydrogen-bond donors (Lipinski definition) is 1. The minimum atomic E-state index is -0.301. The monoisotopic (exact) mass is 290 g/mol. The fourth-order valence-corrected chi connectivity index (χ4v) is 3.31. The summed E-state index contributed by atoms with van der Waals surface area (Å²) in [4.78, 5) is 12.4. The molecule has 116 valence electrons. The highest BCUT2D eigenvalue weighted by atomic mass is 16.5. The summed E-state index contributed by atoms with van der Waals surface area (Å²) in [6, 6.07) is 7.12. The van der Waals surface area contributed by atoms with Gasteiger partial charge in [-0.1, -0.05) is 45.4 Å². The molecule has 0 unspecified atom stereocenters. The second-order valence-electron chi connectivity index (χ2n) is 6.59. The number of esters is 1. The highest BCUT2D eigenvalue weighted by Gasteiger charge is 2.33. The van der Waals surface area contributed by atoms with Gasteiger partial charge in [0.05, 0.1) is 12.2 Å². The molecule has 1 aliphatic rings. The molecule has 3 atom stereocenters. The molecule has 21 heavy (non-hydrogen) atoms. The zero-order chi connectivity index (χ0) is 15.4. The number of carbonyl (C=O) groups excluding carboxylic acids is 1. The van der Waals surface area contributed by atoms with Crippen LogP contribution in [0.5, 0.6) is 0 Å². The highest BCUT2D eigenvalue weighted by molar-refractivity contribution is 5.91. The van der Waals surface area contributed by atoms with E-state index in [2.05, 4.69) is 20.8 Å². The summed E-state index contributed by atoms with van der Waals surface area (Å²) in [6.07, 6.45) is 3.27. The highest BCUT2D eigenvalue weighted by Crippen LogP contribution is 2.35. The van der Waals surface area contributed by atoms with Crippen LogP contribution in [0.1, 0.15) is 56.0 Å². The van der Waals surface area contributed by atoms with Gasteiger partial charge in [-0.25, -0.2) is 4.79 Å². The van der Waals surface area contributed by atoms with Crippen LogP contribution >= 0.6 is 0 Å². The molecule has 1 N–H and O–H groups in total. The molecular formula is C18H26O3. The van der Waals surface area contributed by atoms with Crippen LogP contribution in [-0.2, 0) is 11.3 Å². The van der Waals surface area contributed by atoms with Crippen molar-refractivity contribution in [1.29, 1.82) is 0 Å². The van der Waals surface area contributed by atoms with Crippen LogP contribution in [0.25, 0.3) is 0 Å². The van der Waals surface area contributed by atoms with Crippen LogP contribution in [0.4, 0.5) is 0 Å². The summed E-state index contributed by atoms with van der Waals surface area (Å²) in [7, 11) is 0. The number of ether oxygens (including phenoxy) is 1. The van der Waals surface area contributed by atoms with Crippen LogP contribution < -0.4 is 0 Å². The second-order valence-corrected chi connectivity index (χ2v) is 6.59. The van der Waals surface area contributed by atoms with Gasteiger partial charge in [0.2, 0.25) is 0 Å². The third-order valence-corrected chi connectivity index (χ3v) is 4.63. The maximum absolute atomic E-state index is 12.4. The summed E-state index contributed by atoms with van der Waals surface area (Å²) in [6.45, 7) is 6.48. The van der Waals surface area contributed by atoms with Crippen LogP contribution in [0, 0.1) is 17.8 Å². The Balaban J connectivity index is 2.12. The average molecular weight is 290 g/mol. The van der Waals surface area contributed by atoms with E-state index in [-0.39, 0.29) is 18.7 Å². The van der Waals surface area contributed by atoms with E-state index in [1.54, 1.807) is 18.2 Å². The molecule has 0 spiro atoms. The van der Waals surface area contributed by atoms with E-state index in [9.17, 15) is 9.90 Å². The molecule has 0 bridgehead atoms.